The molecule has 0 spiro atoms. The maximum Gasteiger partial charge on any atom is 0.135 e. The Kier molecular flexibility index (Phi) is 4.34. The van der Waals surface area contributed by atoms with E-state index in [4.69, 9.17) is 9.84 Å². The van der Waals surface area contributed by atoms with Gasteiger partial charge >= 0.3 is 0 Å². The highest BCUT2D eigenvalue weighted by molar-refractivity contribution is 5.47. The number of ether oxygens (including phenoxy) is 1. The van der Waals surface area contributed by atoms with E-state index in [1.807, 2.05) is 20.8 Å². The predicted molar refractivity (Wildman–Crippen MR) is 70.9 cm³/mol. The van der Waals surface area contributed by atoms with E-state index in [-0.39, 0.29) is 12.8 Å². The number of hydrogen-bond acceptors (Lipinski definition) is 6. The molecule has 0 bridgehead atoms. The normalized spacial score (nSPS) is 26.7. The molecule has 0 radical (unpaired) electrons. The Labute approximate surface area is 112 Å². The van der Waals surface area contributed by atoms with Crippen molar-refractivity contribution in [3.63, 3.8) is 0 Å². The van der Waals surface area contributed by atoms with Crippen molar-refractivity contribution in [1.82, 2.24) is 9.97 Å². The third kappa shape index (κ3) is 3.02. The van der Waals surface area contributed by atoms with Crippen LogP contribution < -0.4 is 5.32 Å². The molecule has 0 aliphatic carbocycles. The van der Waals surface area contributed by atoms with E-state index in [0.717, 1.165) is 23.5 Å². The van der Waals surface area contributed by atoms with Crippen molar-refractivity contribution in [2.75, 3.05) is 11.9 Å². The minimum Gasteiger partial charge on any atom is -0.394 e. The summed E-state index contributed by atoms with van der Waals surface area (Å²) in [4.78, 5) is 8.74. The summed E-state index contributed by atoms with van der Waals surface area (Å²) < 4.78 is 5.53. The molecule has 3 N–H and O–H groups in total. The largest absolute Gasteiger partial charge is 0.394 e. The lowest BCUT2D eigenvalue weighted by Crippen LogP contribution is -2.25. The molecule has 3 atom stereocenters. The van der Waals surface area contributed by atoms with Crippen LogP contribution in [-0.2, 0) is 11.2 Å². The first kappa shape index (κ1) is 14.2. The van der Waals surface area contributed by atoms with Crippen molar-refractivity contribution in [1.29, 1.82) is 0 Å². The highest BCUT2D eigenvalue weighted by atomic mass is 16.5. The molecule has 1 aliphatic heterocycles. The van der Waals surface area contributed by atoms with Crippen molar-refractivity contribution in [2.24, 2.45) is 0 Å². The summed E-state index contributed by atoms with van der Waals surface area (Å²) in [7, 11) is 0. The Morgan fingerprint density at radius 1 is 1.37 bits per heavy atom. The fourth-order valence-corrected chi connectivity index (χ4v) is 2.42. The third-order valence-electron chi connectivity index (χ3n) is 3.38. The topological polar surface area (TPSA) is 87.5 Å². The summed E-state index contributed by atoms with van der Waals surface area (Å²) in [6.07, 6.45) is -0.224. The van der Waals surface area contributed by atoms with Gasteiger partial charge in [0, 0.05) is 17.7 Å². The number of aliphatic hydroxyl groups excluding tert-OH is 2. The first-order chi connectivity index (χ1) is 9.05. The number of rotatable bonds is 4. The van der Waals surface area contributed by atoms with Crippen molar-refractivity contribution in [2.45, 2.75) is 52.0 Å². The van der Waals surface area contributed by atoms with Gasteiger partial charge in [-0.05, 0) is 20.3 Å². The first-order valence-electron chi connectivity index (χ1n) is 6.60. The molecule has 106 valence electrons. The van der Waals surface area contributed by atoms with Crippen LogP contribution in [0.1, 0.15) is 30.4 Å². The van der Waals surface area contributed by atoms with Gasteiger partial charge < -0.3 is 20.3 Å². The van der Waals surface area contributed by atoms with E-state index >= 15 is 0 Å². The number of aromatic nitrogens is 2. The fourth-order valence-electron chi connectivity index (χ4n) is 2.42. The van der Waals surface area contributed by atoms with Crippen LogP contribution in [0.25, 0.3) is 0 Å². The van der Waals surface area contributed by atoms with Gasteiger partial charge in [-0.15, -0.1) is 0 Å². The SMILES string of the molecule is CCc1c(C)nc(C)nc1N[C@H]1C[C@H](O)[C@@H](CO)O1. The zero-order valence-electron chi connectivity index (χ0n) is 11.6. The number of nitrogens with one attached hydrogen (secondary N) is 1. The number of aryl methyl sites for hydroxylation is 2. The van der Waals surface area contributed by atoms with Gasteiger partial charge in [0.05, 0.1) is 12.7 Å². The lowest BCUT2D eigenvalue weighted by molar-refractivity contribution is -0.0150. The lowest BCUT2D eigenvalue weighted by Gasteiger charge is -2.17. The second kappa shape index (κ2) is 5.81. The molecule has 1 fully saturated rings. The molecule has 1 aliphatic rings. The van der Waals surface area contributed by atoms with E-state index in [1.54, 1.807) is 0 Å². The standard InChI is InChI=1S/C13H21N3O3/c1-4-9-7(2)14-8(3)15-13(9)16-12-5-10(18)11(6-17)19-12/h10-12,17-18H,4-6H2,1-3H3,(H,14,15,16)/t10-,11+,12+/m0/s1. The summed E-state index contributed by atoms with van der Waals surface area (Å²) in [6, 6.07) is 0. The van der Waals surface area contributed by atoms with Crippen molar-refractivity contribution in [3.05, 3.63) is 17.1 Å². The molecule has 0 aromatic carbocycles. The van der Waals surface area contributed by atoms with Crippen LogP contribution in [0.5, 0.6) is 0 Å². The van der Waals surface area contributed by atoms with Crippen LogP contribution in [0.15, 0.2) is 0 Å². The fraction of sp³-hybridized carbons (Fsp3) is 0.692. The monoisotopic (exact) mass is 267 g/mol. The van der Waals surface area contributed by atoms with Gasteiger partial charge in [0.1, 0.15) is 24.0 Å². The quantitative estimate of drug-likeness (QED) is 0.738. The summed E-state index contributed by atoms with van der Waals surface area (Å²) in [6.45, 7) is 5.67. The third-order valence-corrected chi connectivity index (χ3v) is 3.38. The number of anilines is 1. The van der Waals surface area contributed by atoms with Crippen LogP contribution in [-0.4, -0.2) is 45.2 Å². The molecule has 6 nitrogen and oxygen atoms in total. The summed E-state index contributed by atoms with van der Waals surface area (Å²) in [5.74, 6) is 1.46. The lowest BCUT2D eigenvalue weighted by atomic mass is 10.1. The van der Waals surface area contributed by atoms with Crippen LogP contribution in [0.2, 0.25) is 0 Å². The molecule has 1 aromatic rings. The Hall–Kier alpha value is -1.24. The van der Waals surface area contributed by atoms with E-state index in [2.05, 4.69) is 15.3 Å². The van der Waals surface area contributed by atoms with E-state index in [9.17, 15) is 5.11 Å². The Balaban J connectivity index is 2.15. The Morgan fingerprint density at radius 3 is 2.68 bits per heavy atom. The van der Waals surface area contributed by atoms with Crippen LogP contribution >= 0.6 is 0 Å². The van der Waals surface area contributed by atoms with Gasteiger partial charge in [0.2, 0.25) is 0 Å². The molecule has 0 saturated carbocycles. The molecule has 6 heteroatoms. The zero-order valence-corrected chi connectivity index (χ0v) is 11.6. The Morgan fingerprint density at radius 2 is 2.11 bits per heavy atom. The summed E-state index contributed by atoms with van der Waals surface area (Å²) in [5.41, 5.74) is 2.01. The van der Waals surface area contributed by atoms with Crippen molar-refractivity contribution in [3.8, 4) is 0 Å². The molecule has 1 saturated heterocycles. The van der Waals surface area contributed by atoms with E-state index < -0.39 is 12.2 Å². The highest BCUT2D eigenvalue weighted by Crippen LogP contribution is 2.24. The molecular formula is C13H21N3O3. The number of aliphatic hydroxyl groups is 2. The van der Waals surface area contributed by atoms with Gasteiger partial charge in [0.25, 0.3) is 0 Å². The second-order valence-electron chi connectivity index (χ2n) is 4.83. The highest BCUT2D eigenvalue weighted by Gasteiger charge is 2.33. The van der Waals surface area contributed by atoms with E-state index in [0.29, 0.717) is 12.2 Å². The predicted octanol–water partition coefficient (Wildman–Crippen LogP) is 0.536. The average molecular weight is 267 g/mol. The molecule has 2 rings (SSSR count). The minimum atomic E-state index is -0.642. The van der Waals surface area contributed by atoms with Gasteiger partial charge in [0.15, 0.2) is 0 Å². The number of hydrogen-bond donors (Lipinski definition) is 3. The Bertz CT molecular complexity index is 453. The van der Waals surface area contributed by atoms with Gasteiger partial charge in [-0.2, -0.15) is 0 Å². The summed E-state index contributed by atoms with van der Waals surface area (Å²) in [5, 5.41) is 22.0. The van der Waals surface area contributed by atoms with Gasteiger partial charge in [-0.3, -0.25) is 0 Å². The second-order valence-corrected chi connectivity index (χ2v) is 4.83. The zero-order chi connectivity index (χ0) is 14.0. The van der Waals surface area contributed by atoms with Crippen molar-refractivity contribution >= 4 is 5.82 Å². The van der Waals surface area contributed by atoms with Gasteiger partial charge in [-0.1, -0.05) is 6.92 Å². The smallest absolute Gasteiger partial charge is 0.135 e. The van der Waals surface area contributed by atoms with Gasteiger partial charge in [-0.25, -0.2) is 9.97 Å². The maximum atomic E-state index is 9.72. The van der Waals surface area contributed by atoms with Crippen molar-refractivity contribution < 1.29 is 14.9 Å². The molecule has 0 amide bonds. The van der Waals surface area contributed by atoms with E-state index in [1.165, 1.54) is 0 Å². The van der Waals surface area contributed by atoms with Crippen LogP contribution in [0.3, 0.4) is 0 Å². The molecular weight excluding hydrogens is 246 g/mol. The molecule has 2 heterocycles. The first-order valence-corrected chi connectivity index (χ1v) is 6.60. The molecule has 19 heavy (non-hydrogen) atoms. The maximum absolute atomic E-state index is 9.72. The number of nitrogens with zero attached hydrogens (tertiary/aromatic N) is 2. The minimum absolute atomic E-state index is 0.179. The van der Waals surface area contributed by atoms with Crippen LogP contribution in [0, 0.1) is 13.8 Å². The molecule has 1 aromatic heterocycles. The average Bonchev–Trinajstić information content (AvgIpc) is 2.69. The molecule has 0 unspecified atom stereocenters. The summed E-state index contributed by atoms with van der Waals surface area (Å²) >= 11 is 0. The van der Waals surface area contributed by atoms with Crippen LogP contribution in [0.4, 0.5) is 5.82 Å².